The van der Waals surface area contributed by atoms with Gasteiger partial charge in [0.1, 0.15) is 17.8 Å². The summed E-state index contributed by atoms with van der Waals surface area (Å²) in [5, 5.41) is 4.05. The van der Waals surface area contributed by atoms with Crippen molar-refractivity contribution in [3.05, 3.63) is 76.5 Å². The Morgan fingerprint density at radius 3 is 2.70 bits per heavy atom. The van der Waals surface area contributed by atoms with Crippen molar-refractivity contribution in [1.82, 2.24) is 9.72 Å². The largest absolute Gasteiger partial charge is 0.495 e. The minimum absolute atomic E-state index is 0.0208. The molecule has 2 aromatic heterocycles. The molecule has 0 unspecified atom stereocenters. The molecule has 1 N–H and O–H groups in total. The Balaban J connectivity index is 1.39. The van der Waals surface area contributed by atoms with Crippen LogP contribution in [-0.2, 0) is 16.4 Å². The van der Waals surface area contributed by atoms with Gasteiger partial charge in [-0.15, -0.1) is 0 Å². The first kappa shape index (κ1) is 23.7. The number of benzene rings is 2. The number of pyridine rings is 1. The SMILES string of the molecule is COc1cc(C[C@@H]2C[C@@H]3CC[C@H]2C3)c(F)cc1-n1c(=O)ccc2cc(S(=O)(=O)Nc3ccon3)ccc21. The topological polar surface area (TPSA) is 103 Å². The number of hydrogen-bond acceptors (Lipinski definition) is 6. The molecule has 10 heteroatoms. The molecule has 8 nitrogen and oxygen atoms in total. The van der Waals surface area contributed by atoms with Gasteiger partial charge in [0.2, 0.25) is 0 Å². The zero-order valence-corrected chi connectivity index (χ0v) is 21.0. The van der Waals surface area contributed by atoms with E-state index >= 15 is 4.39 Å². The van der Waals surface area contributed by atoms with Crippen molar-refractivity contribution >= 4 is 26.7 Å². The van der Waals surface area contributed by atoms with Crippen LogP contribution in [0.5, 0.6) is 5.75 Å². The van der Waals surface area contributed by atoms with Gasteiger partial charge in [-0.2, -0.15) is 0 Å². The number of ether oxygens (including phenoxy) is 1. The van der Waals surface area contributed by atoms with Crippen LogP contribution in [0.1, 0.15) is 31.2 Å². The Bertz CT molecular complexity index is 1650. The molecule has 0 saturated heterocycles. The molecule has 37 heavy (non-hydrogen) atoms. The van der Waals surface area contributed by atoms with E-state index in [0.717, 1.165) is 12.3 Å². The highest BCUT2D eigenvalue weighted by Gasteiger charge is 2.39. The summed E-state index contributed by atoms with van der Waals surface area (Å²) < 4.78 is 55.0. The number of anilines is 1. The molecule has 2 saturated carbocycles. The Morgan fingerprint density at radius 1 is 1.14 bits per heavy atom. The first-order valence-electron chi connectivity index (χ1n) is 12.3. The van der Waals surface area contributed by atoms with Crippen molar-refractivity contribution in [3.63, 3.8) is 0 Å². The van der Waals surface area contributed by atoms with Gasteiger partial charge in [0.15, 0.2) is 5.82 Å². The van der Waals surface area contributed by atoms with Gasteiger partial charge in [-0.25, -0.2) is 12.8 Å². The third-order valence-corrected chi connectivity index (χ3v) is 9.16. The summed E-state index contributed by atoms with van der Waals surface area (Å²) in [6, 6.07) is 11.6. The summed E-state index contributed by atoms with van der Waals surface area (Å²) >= 11 is 0. The van der Waals surface area contributed by atoms with Crippen molar-refractivity contribution in [2.75, 3.05) is 11.8 Å². The number of halogens is 1. The molecule has 2 aliphatic rings. The second kappa shape index (κ2) is 9.02. The summed E-state index contributed by atoms with van der Waals surface area (Å²) in [5.41, 5.74) is 0.899. The van der Waals surface area contributed by atoms with E-state index < -0.39 is 10.0 Å². The smallest absolute Gasteiger partial charge is 0.263 e. The van der Waals surface area contributed by atoms with Crippen molar-refractivity contribution in [2.45, 2.75) is 37.0 Å². The first-order valence-corrected chi connectivity index (χ1v) is 13.8. The molecule has 6 rings (SSSR count). The maximum absolute atomic E-state index is 15.4. The van der Waals surface area contributed by atoms with Crippen LogP contribution in [0.25, 0.3) is 16.6 Å². The summed E-state index contributed by atoms with van der Waals surface area (Å²) in [7, 11) is -2.45. The van der Waals surface area contributed by atoms with Crippen molar-refractivity contribution in [1.29, 1.82) is 0 Å². The summed E-state index contributed by atoms with van der Waals surface area (Å²) in [4.78, 5) is 13.0. The summed E-state index contributed by atoms with van der Waals surface area (Å²) in [6.45, 7) is 0. The molecule has 2 aromatic carbocycles. The highest BCUT2D eigenvalue weighted by atomic mass is 32.2. The lowest BCUT2D eigenvalue weighted by Crippen LogP contribution is -2.19. The number of nitrogens with one attached hydrogen (secondary N) is 1. The van der Waals surface area contributed by atoms with Crippen LogP contribution in [0.4, 0.5) is 10.2 Å². The normalized spacial score (nSPS) is 21.0. The average Bonchev–Trinajstić information content (AvgIpc) is 3.64. The van der Waals surface area contributed by atoms with E-state index in [4.69, 9.17) is 4.74 Å². The van der Waals surface area contributed by atoms with Crippen LogP contribution in [0.15, 0.2) is 69.0 Å². The number of sulfonamides is 1. The number of aromatic nitrogens is 2. The van der Waals surface area contributed by atoms with Gasteiger partial charge < -0.3 is 9.26 Å². The highest BCUT2D eigenvalue weighted by molar-refractivity contribution is 7.92. The van der Waals surface area contributed by atoms with Gasteiger partial charge in [-0.05, 0) is 79.3 Å². The Kier molecular flexibility index (Phi) is 5.78. The zero-order valence-electron chi connectivity index (χ0n) is 20.2. The van der Waals surface area contributed by atoms with Crippen molar-refractivity contribution in [3.8, 4) is 11.4 Å². The number of methoxy groups -OCH3 is 1. The molecular weight excluding hydrogens is 497 g/mol. The predicted octanol–water partition coefficient (Wildman–Crippen LogP) is 4.91. The van der Waals surface area contributed by atoms with E-state index in [1.54, 1.807) is 6.07 Å². The van der Waals surface area contributed by atoms with Gasteiger partial charge in [0, 0.05) is 23.6 Å². The average molecular weight is 524 g/mol. The molecule has 192 valence electrons. The van der Waals surface area contributed by atoms with E-state index in [2.05, 4.69) is 14.4 Å². The molecule has 0 radical (unpaired) electrons. The van der Waals surface area contributed by atoms with Crippen LogP contribution >= 0.6 is 0 Å². The molecule has 2 heterocycles. The maximum atomic E-state index is 15.4. The van der Waals surface area contributed by atoms with E-state index in [0.29, 0.717) is 40.5 Å². The van der Waals surface area contributed by atoms with E-state index in [1.165, 1.54) is 79.7 Å². The second-order valence-electron chi connectivity index (χ2n) is 9.97. The molecule has 2 fully saturated rings. The van der Waals surface area contributed by atoms with Gasteiger partial charge in [0.05, 0.1) is 23.2 Å². The summed E-state index contributed by atoms with van der Waals surface area (Å²) in [6.07, 6.45) is 6.82. The first-order chi connectivity index (χ1) is 17.8. The Labute approximate surface area is 213 Å². The molecule has 0 spiro atoms. The summed E-state index contributed by atoms with van der Waals surface area (Å²) in [5.74, 6) is 1.98. The lowest BCUT2D eigenvalue weighted by atomic mass is 9.84. The van der Waals surface area contributed by atoms with Gasteiger partial charge in [-0.1, -0.05) is 11.6 Å². The zero-order chi connectivity index (χ0) is 25.7. The van der Waals surface area contributed by atoms with Crippen LogP contribution in [0, 0.1) is 23.6 Å². The second-order valence-corrected chi connectivity index (χ2v) is 11.7. The van der Waals surface area contributed by atoms with E-state index in [-0.39, 0.29) is 27.8 Å². The van der Waals surface area contributed by atoms with Crippen LogP contribution in [0.3, 0.4) is 0 Å². The fourth-order valence-electron chi connectivity index (χ4n) is 6.09. The number of nitrogens with zero attached hydrogens (tertiary/aromatic N) is 2. The van der Waals surface area contributed by atoms with Crippen molar-refractivity contribution < 1.29 is 22.1 Å². The quantitative estimate of drug-likeness (QED) is 0.369. The fraction of sp³-hybridized carbons (Fsp3) is 0.333. The Hall–Kier alpha value is -3.66. The molecule has 0 amide bonds. The molecule has 0 aliphatic heterocycles. The van der Waals surface area contributed by atoms with Crippen LogP contribution in [0.2, 0.25) is 0 Å². The van der Waals surface area contributed by atoms with Crippen LogP contribution in [-0.4, -0.2) is 25.3 Å². The molecule has 4 aromatic rings. The molecule has 3 atom stereocenters. The predicted molar refractivity (Wildman–Crippen MR) is 136 cm³/mol. The lowest BCUT2D eigenvalue weighted by molar-refractivity contribution is 0.327. The molecule has 2 bridgehead atoms. The number of fused-ring (bicyclic) bond motifs is 3. The third kappa shape index (κ3) is 4.29. The molecule has 2 aliphatic carbocycles. The van der Waals surface area contributed by atoms with E-state index in [1.807, 2.05) is 0 Å². The molecular formula is C27H26FN3O5S. The monoisotopic (exact) mass is 523 g/mol. The fourth-order valence-corrected chi connectivity index (χ4v) is 7.12. The minimum Gasteiger partial charge on any atom is -0.495 e. The minimum atomic E-state index is -3.95. The number of rotatable bonds is 7. The van der Waals surface area contributed by atoms with Gasteiger partial charge in [0.25, 0.3) is 15.6 Å². The van der Waals surface area contributed by atoms with Crippen molar-refractivity contribution in [2.24, 2.45) is 17.8 Å². The number of hydrogen-bond donors (Lipinski definition) is 1. The van der Waals surface area contributed by atoms with Crippen LogP contribution < -0.4 is 15.0 Å². The third-order valence-electron chi connectivity index (χ3n) is 7.81. The van der Waals surface area contributed by atoms with Gasteiger partial charge >= 0.3 is 0 Å². The highest BCUT2D eigenvalue weighted by Crippen LogP contribution is 2.49. The maximum Gasteiger partial charge on any atom is 0.263 e. The lowest BCUT2D eigenvalue weighted by Gasteiger charge is -2.23. The standard InChI is InChI=1S/C27H26FN3O5S/c1-35-25-14-20(12-19-11-16-2-3-17(19)10-16)22(28)15-24(25)31-23-6-5-21(13-18(23)4-7-27(31)32)37(33,34)30-26-8-9-36-29-26/h4-9,13-17,19H,2-3,10-12H2,1H3,(H,29,30)/t16-,17+,19+/m1/s1. The van der Waals surface area contributed by atoms with E-state index in [9.17, 15) is 13.2 Å². The Morgan fingerprint density at radius 2 is 2.00 bits per heavy atom. The van der Waals surface area contributed by atoms with Gasteiger partial charge in [-0.3, -0.25) is 14.1 Å².